The minimum absolute atomic E-state index is 0.0216. The Balaban J connectivity index is 2.12. The van der Waals surface area contributed by atoms with Gasteiger partial charge in [-0.3, -0.25) is 48.2 Å². The normalized spacial score (nSPS) is 20.4. The van der Waals surface area contributed by atoms with Crippen LogP contribution in [0.25, 0.3) is 0 Å². The lowest BCUT2D eigenvalue weighted by Crippen LogP contribution is -2.85. The maximum atomic E-state index is 13.4. The first kappa shape index (κ1) is 47.6. The Hall–Kier alpha value is -5.53. The summed E-state index contributed by atoms with van der Waals surface area (Å²) in [5.74, 6) is -7.99. The van der Waals surface area contributed by atoms with E-state index in [1.54, 1.807) is 0 Å². The number of aliphatic hydroxyl groups excluding tert-OH is 1. The fourth-order valence-corrected chi connectivity index (χ4v) is 6.94. The number of esters is 1. The zero-order valence-corrected chi connectivity index (χ0v) is 32.3. The summed E-state index contributed by atoms with van der Waals surface area (Å²) in [4.78, 5) is 116. The SMILES string of the molecule is CC(N)C(=O)NC(C)C(=O)NC(C)C(=O)NC(CCCN=C(N)N)C(O)CC(=O)OCC1=C(C(=O)O)N2C(=O)C(NC=O)(NC(=O)CCCC(N)C(=O)O)C2SC1. The van der Waals surface area contributed by atoms with Crippen LogP contribution in [0.4, 0.5) is 0 Å². The third-order valence-electron chi connectivity index (χ3n) is 8.67. The van der Waals surface area contributed by atoms with Crippen molar-refractivity contribution in [3.8, 4) is 0 Å². The first-order valence-electron chi connectivity index (χ1n) is 17.6. The minimum Gasteiger partial charge on any atom is -0.480 e. The number of nitrogens with one attached hydrogen (secondary N) is 5. The average Bonchev–Trinajstić information content (AvgIpc) is 3.13. The first-order chi connectivity index (χ1) is 26.7. The highest BCUT2D eigenvalue weighted by molar-refractivity contribution is 8.00. The van der Waals surface area contributed by atoms with E-state index in [0.29, 0.717) is 0 Å². The number of β-lactam (4-membered cyclic amide) rings is 1. The van der Waals surface area contributed by atoms with Crippen molar-refractivity contribution in [3.05, 3.63) is 11.3 Å². The Morgan fingerprint density at radius 2 is 1.60 bits per heavy atom. The highest BCUT2D eigenvalue weighted by atomic mass is 32.2. The van der Waals surface area contributed by atoms with Gasteiger partial charge in [0.25, 0.3) is 5.91 Å². The van der Waals surface area contributed by atoms with Crippen molar-refractivity contribution in [3.63, 3.8) is 0 Å². The summed E-state index contributed by atoms with van der Waals surface area (Å²) in [6, 6.07) is -5.40. The lowest BCUT2D eigenvalue weighted by molar-refractivity contribution is -0.162. The molecule has 8 unspecified atom stereocenters. The van der Waals surface area contributed by atoms with E-state index < -0.39 is 114 Å². The average molecular weight is 830 g/mol. The third-order valence-corrected chi connectivity index (χ3v) is 10.1. The number of aliphatic carboxylic acids is 2. The van der Waals surface area contributed by atoms with Crippen molar-refractivity contribution < 1.29 is 63.2 Å². The van der Waals surface area contributed by atoms with Crippen LogP contribution in [0.3, 0.4) is 0 Å². The Morgan fingerprint density at radius 1 is 0.982 bits per heavy atom. The quantitative estimate of drug-likeness (QED) is 0.00821. The van der Waals surface area contributed by atoms with Crippen molar-refractivity contribution >= 4 is 71.6 Å². The summed E-state index contributed by atoms with van der Waals surface area (Å²) in [5, 5.41) is 40.9. The fraction of sp³-hybridized carbons (Fsp3) is 0.625. The van der Waals surface area contributed by atoms with Gasteiger partial charge < -0.3 is 69.6 Å². The zero-order chi connectivity index (χ0) is 43.2. The van der Waals surface area contributed by atoms with E-state index in [1.165, 1.54) is 20.8 Å². The molecule has 2 aliphatic heterocycles. The van der Waals surface area contributed by atoms with Crippen LogP contribution in [0.2, 0.25) is 0 Å². The van der Waals surface area contributed by atoms with Gasteiger partial charge in [0, 0.05) is 24.3 Å². The second-order valence-corrected chi connectivity index (χ2v) is 14.4. The molecule has 1 saturated heterocycles. The number of ether oxygens (including phenoxy) is 1. The van der Waals surface area contributed by atoms with Crippen LogP contribution in [0.15, 0.2) is 16.3 Å². The zero-order valence-electron chi connectivity index (χ0n) is 31.5. The number of hydrogen-bond donors (Lipinski definition) is 12. The Kier molecular flexibility index (Phi) is 18.1. The number of aliphatic imine (C=N–C) groups is 1. The van der Waals surface area contributed by atoms with Gasteiger partial charge in [-0.05, 0) is 46.5 Å². The molecule has 0 aromatic heterocycles. The molecule has 0 bridgehead atoms. The molecule has 0 aliphatic carbocycles. The maximum Gasteiger partial charge on any atom is 0.352 e. The van der Waals surface area contributed by atoms with Gasteiger partial charge in [-0.15, -0.1) is 11.8 Å². The highest BCUT2D eigenvalue weighted by Crippen LogP contribution is 2.45. The number of guanidine groups is 1. The van der Waals surface area contributed by atoms with Gasteiger partial charge in [0.2, 0.25) is 35.7 Å². The summed E-state index contributed by atoms with van der Waals surface area (Å²) < 4.78 is 5.27. The van der Waals surface area contributed by atoms with Crippen LogP contribution in [0.1, 0.15) is 59.3 Å². The molecule has 0 saturated carbocycles. The number of carboxylic acids is 2. The summed E-state index contributed by atoms with van der Waals surface area (Å²) >= 11 is 0.948. The van der Waals surface area contributed by atoms with Crippen LogP contribution in [-0.2, 0) is 47.9 Å². The summed E-state index contributed by atoms with van der Waals surface area (Å²) in [6.45, 7) is 3.62. The molecule has 6 amide bonds. The molecule has 8 atom stereocenters. The summed E-state index contributed by atoms with van der Waals surface area (Å²) in [6.07, 6.45) is -2.10. The number of carboxylic acid groups (broad SMARTS) is 2. The predicted molar refractivity (Wildman–Crippen MR) is 200 cm³/mol. The Morgan fingerprint density at radius 3 is 2.16 bits per heavy atom. The number of aliphatic hydroxyl groups is 1. The van der Waals surface area contributed by atoms with Crippen molar-refractivity contribution in [2.45, 2.75) is 107 Å². The highest BCUT2D eigenvalue weighted by Gasteiger charge is 2.66. The van der Waals surface area contributed by atoms with Crippen LogP contribution in [-0.4, -0.2) is 146 Å². The van der Waals surface area contributed by atoms with Crippen LogP contribution in [0, 0.1) is 0 Å². The molecule has 57 heavy (non-hydrogen) atoms. The number of fused-ring (bicyclic) bond motifs is 1. The molecule has 25 heteroatoms. The van der Waals surface area contributed by atoms with Crippen molar-refractivity contribution in [2.75, 3.05) is 18.9 Å². The van der Waals surface area contributed by atoms with Gasteiger partial charge in [0.05, 0.1) is 24.6 Å². The van der Waals surface area contributed by atoms with E-state index >= 15 is 0 Å². The van der Waals surface area contributed by atoms with E-state index in [-0.39, 0.29) is 62.3 Å². The fourth-order valence-electron chi connectivity index (χ4n) is 5.54. The number of amides is 6. The Labute approximate surface area is 330 Å². The summed E-state index contributed by atoms with van der Waals surface area (Å²) in [7, 11) is 0. The van der Waals surface area contributed by atoms with Gasteiger partial charge in [-0.2, -0.15) is 0 Å². The molecule has 0 aromatic rings. The van der Waals surface area contributed by atoms with Crippen molar-refractivity contribution in [1.82, 2.24) is 31.5 Å². The number of carbonyl (C=O) groups is 9. The number of thioether (sulfide) groups is 1. The number of rotatable bonds is 24. The van der Waals surface area contributed by atoms with Crippen LogP contribution >= 0.6 is 11.8 Å². The molecule has 24 nitrogen and oxygen atoms in total. The van der Waals surface area contributed by atoms with E-state index in [0.717, 1.165) is 16.7 Å². The second kappa shape index (κ2) is 21.7. The standard InChI is InChI=1S/C32H51N11O13S/c1-14(33)24(48)39-15(2)25(49)40-16(3)26(50)41-19(7-5-9-37-31(35)36)20(45)10-22(47)56-11-17-12-57-30-32(38-13-44,29(55)43(30)23(17)28(53)54)42-21(46)8-4-6-18(34)27(51)52/h13-16,18-20,30,45H,4-12,33-34H2,1-3H3,(H,38,44)(H,39,48)(H,40,49)(H,41,50)(H,42,46)(H,51,52)(H,53,54)(H4,35,36,37). The van der Waals surface area contributed by atoms with Gasteiger partial charge >= 0.3 is 17.9 Å². The molecule has 2 rings (SSSR count). The van der Waals surface area contributed by atoms with Gasteiger partial charge in [0.15, 0.2) is 5.96 Å². The van der Waals surface area contributed by atoms with Crippen LogP contribution < -0.4 is 49.5 Å². The lowest BCUT2D eigenvalue weighted by atomic mass is 9.94. The molecule has 0 radical (unpaired) electrons. The Bertz CT molecular complexity index is 1620. The number of nitrogens with two attached hydrogens (primary N) is 4. The van der Waals surface area contributed by atoms with E-state index in [1.807, 2.05) is 0 Å². The molecule has 318 valence electrons. The molecule has 2 heterocycles. The van der Waals surface area contributed by atoms with Crippen molar-refractivity contribution in [2.24, 2.45) is 27.9 Å². The molecule has 0 aromatic carbocycles. The molecule has 1 fully saturated rings. The largest absolute Gasteiger partial charge is 0.480 e. The number of nitrogens with zero attached hydrogens (tertiary/aromatic N) is 2. The van der Waals surface area contributed by atoms with Gasteiger partial charge in [-0.1, -0.05) is 0 Å². The molecule has 16 N–H and O–H groups in total. The topological polar surface area (TPSA) is 403 Å². The van der Waals surface area contributed by atoms with Crippen molar-refractivity contribution in [1.29, 1.82) is 0 Å². The minimum atomic E-state index is -2.02. The van der Waals surface area contributed by atoms with Gasteiger partial charge in [-0.25, -0.2) is 4.79 Å². The first-order valence-corrected chi connectivity index (χ1v) is 18.7. The molecule has 2 aliphatic rings. The smallest absolute Gasteiger partial charge is 0.352 e. The van der Waals surface area contributed by atoms with E-state index in [2.05, 4.69) is 31.6 Å². The lowest BCUT2D eigenvalue weighted by Gasteiger charge is -2.56. The predicted octanol–water partition coefficient (Wildman–Crippen LogP) is -5.43. The summed E-state index contributed by atoms with van der Waals surface area (Å²) in [5.41, 5.74) is 19.1. The monoisotopic (exact) mass is 829 g/mol. The molecular formula is C32H51N11O13S. The van der Waals surface area contributed by atoms with Gasteiger partial charge in [0.1, 0.15) is 35.8 Å². The number of hydrogen-bond acceptors (Lipinski definition) is 15. The third kappa shape index (κ3) is 13.3. The molecular weight excluding hydrogens is 778 g/mol. The molecule has 0 spiro atoms. The van der Waals surface area contributed by atoms with E-state index in [9.17, 15) is 53.4 Å². The second-order valence-electron chi connectivity index (χ2n) is 13.3. The maximum absolute atomic E-state index is 13.4. The number of carbonyl (C=O) groups excluding carboxylic acids is 7. The van der Waals surface area contributed by atoms with Crippen LogP contribution in [0.5, 0.6) is 0 Å². The van der Waals surface area contributed by atoms with E-state index in [4.69, 9.17) is 32.8 Å².